The molecule has 0 atom stereocenters. The Morgan fingerprint density at radius 1 is 1.05 bits per heavy atom. The van der Waals surface area contributed by atoms with Gasteiger partial charge in [0.05, 0.1) is 27.5 Å². The van der Waals surface area contributed by atoms with Crippen molar-refractivity contribution < 1.29 is 14.6 Å². The summed E-state index contributed by atoms with van der Waals surface area (Å²) >= 11 is 12.9. The fourth-order valence-corrected chi connectivity index (χ4v) is 4.70. The van der Waals surface area contributed by atoms with E-state index in [-0.39, 0.29) is 11.5 Å². The lowest BCUT2D eigenvalue weighted by Gasteiger charge is -2.16. The van der Waals surface area contributed by atoms with Crippen LogP contribution in [0.1, 0.15) is 58.1 Å². The molecular formula is C29H29Cl2N3O3. The number of aromatic nitrogens is 2. The summed E-state index contributed by atoms with van der Waals surface area (Å²) in [5, 5.41) is 18.2. The van der Waals surface area contributed by atoms with Crippen molar-refractivity contribution in [1.29, 1.82) is 0 Å². The molecule has 192 valence electrons. The van der Waals surface area contributed by atoms with Crippen molar-refractivity contribution in [1.82, 2.24) is 9.78 Å². The van der Waals surface area contributed by atoms with Crippen LogP contribution in [0.5, 0.6) is 5.75 Å². The summed E-state index contributed by atoms with van der Waals surface area (Å²) in [6, 6.07) is 16.4. The van der Waals surface area contributed by atoms with Crippen LogP contribution in [0, 0.1) is 13.8 Å². The Hall–Kier alpha value is -3.48. The molecule has 2 N–H and O–H groups in total. The number of benzene rings is 3. The van der Waals surface area contributed by atoms with Crippen LogP contribution in [0.4, 0.5) is 5.69 Å². The maximum Gasteiger partial charge on any atom is 0.335 e. The lowest BCUT2D eigenvalue weighted by Crippen LogP contribution is -2.09. The number of rotatable bonds is 9. The zero-order valence-corrected chi connectivity index (χ0v) is 22.7. The van der Waals surface area contributed by atoms with Crippen LogP contribution in [0.15, 0.2) is 60.8 Å². The summed E-state index contributed by atoms with van der Waals surface area (Å²) in [6.07, 6.45) is 1.84. The number of carboxylic acid groups (broad SMARTS) is 1. The molecule has 1 heterocycles. The Morgan fingerprint density at radius 3 is 2.43 bits per heavy atom. The smallest absolute Gasteiger partial charge is 0.335 e. The van der Waals surface area contributed by atoms with Gasteiger partial charge in [0.1, 0.15) is 18.0 Å². The van der Waals surface area contributed by atoms with Crippen molar-refractivity contribution >= 4 is 34.9 Å². The third-order valence-electron chi connectivity index (χ3n) is 6.32. The number of halogens is 2. The van der Waals surface area contributed by atoms with Gasteiger partial charge in [-0.1, -0.05) is 55.2 Å². The highest BCUT2D eigenvalue weighted by Crippen LogP contribution is 2.32. The van der Waals surface area contributed by atoms with Crippen molar-refractivity contribution in [2.75, 3.05) is 5.32 Å². The summed E-state index contributed by atoms with van der Waals surface area (Å²) in [7, 11) is 0. The Kier molecular flexibility index (Phi) is 8.10. The van der Waals surface area contributed by atoms with Gasteiger partial charge in [0.25, 0.3) is 0 Å². The van der Waals surface area contributed by atoms with Crippen LogP contribution in [0.3, 0.4) is 0 Å². The molecule has 6 nitrogen and oxygen atoms in total. The van der Waals surface area contributed by atoms with Gasteiger partial charge in [-0.05, 0) is 78.4 Å². The first-order valence-corrected chi connectivity index (χ1v) is 12.7. The van der Waals surface area contributed by atoms with Gasteiger partial charge in [-0.2, -0.15) is 5.10 Å². The minimum Gasteiger partial charge on any atom is -0.487 e. The number of para-hydroxylation sites is 1. The topological polar surface area (TPSA) is 76.4 Å². The second kappa shape index (κ2) is 11.3. The van der Waals surface area contributed by atoms with Gasteiger partial charge < -0.3 is 15.2 Å². The molecule has 0 unspecified atom stereocenters. The van der Waals surface area contributed by atoms with Crippen LogP contribution >= 0.6 is 23.2 Å². The first-order chi connectivity index (χ1) is 17.7. The average Bonchev–Trinajstić information content (AvgIpc) is 3.26. The Bertz CT molecular complexity index is 1430. The highest BCUT2D eigenvalue weighted by Gasteiger charge is 2.19. The molecule has 0 fully saturated rings. The number of ether oxygens (including phenoxy) is 1. The van der Waals surface area contributed by atoms with Gasteiger partial charge in [-0.25, -0.2) is 9.48 Å². The molecule has 0 aliphatic heterocycles. The monoisotopic (exact) mass is 537 g/mol. The van der Waals surface area contributed by atoms with Crippen LogP contribution in [0.25, 0.3) is 5.69 Å². The normalized spacial score (nSPS) is 11.1. The summed E-state index contributed by atoms with van der Waals surface area (Å²) in [5.41, 5.74) is 6.77. The molecule has 0 aliphatic carbocycles. The van der Waals surface area contributed by atoms with Crippen molar-refractivity contribution in [2.45, 2.75) is 46.8 Å². The Morgan fingerprint density at radius 2 is 1.78 bits per heavy atom. The number of hydrogen-bond donors (Lipinski definition) is 2. The average molecular weight is 538 g/mol. The minimum atomic E-state index is -0.945. The van der Waals surface area contributed by atoms with Gasteiger partial charge in [0.2, 0.25) is 0 Å². The largest absolute Gasteiger partial charge is 0.487 e. The van der Waals surface area contributed by atoms with E-state index in [1.54, 1.807) is 35.0 Å². The molecule has 0 amide bonds. The molecule has 0 spiro atoms. The van der Waals surface area contributed by atoms with E-state index in [4.69, 9.17) is 27.9 Å². The first kappa shape index (κ1) is 26.6. The van der Waals surface area contributed by atoms with E-state index in [2.05, 4.69) is 24.3 Å². The quantitative estimate of drug-likeness (QED) is 0.227. The van der Waals surface area contributed by atoms with E-state index in [0.29, 0.717) is 28.9 Å². The molecule has 8 heteroatoms. The van der Waals surface area contributed by atoms with E-state index in [9.17, 15) is 9.90 Å². The summed E-state index contributed by atoms with van der Waals surface area (Å²) < 4.78 is 7.97. The molecule has 0 radical (unpaired) electrons. The summed E-state index contributed by atoms with van der Waals surface area (Å²) in [6.45, 7) is 9.05. The number of hydrogen-bond acceptors (Lipinski definition) is 4. The van der Waals surface area contributed by atoms with Crippen LogP contribution < -0.4 is 10.1 Å². The molecule has 4 aromatic rings. The number of carboxylic acids is 1. The van der Waals surface area contributed by atoms with Crippen LogP contribution in [-0.2, 0) is 13.2 Å². The second-order valence-corrected chi connectivity index (χ2v) is 10.1. The van der Waals surface area contributed by atoms with E-state index in [0.717, 1.165) is 39.4 Å². The fourth-order valence-electron chi connectivity index (χ4n) is 4.14. The SMILES string of the molecule is Cc1cc(OCc2c(C(C)C)cnn2-c2c(Cl)cccc2Cl)ccc1CNc1cc(C(=O)O)ccc1C. The molecular weight excluding hydrogens is 509 g/mol. The third-order valence-corrected chi connectivity index (χ3v) is 6.93. The highest BCUT2D eigenvalue weighted by atomic mass is 35.5. The maximum atomic E-state index is 11.3. The number of nitrogens with one attached hydrogen (secondary N) is 1. The molecule has 4 rings (SSSR count). The van der Waals surface area contributed by atoms with Gasteiger partial charge in [0, 0.05) is 12.2 Å². The van der Waals surface area contributed by atoms with Gasteiger partial charge in [0.15, 0.2) is 0 Å². The van der Waals surface area contributed by atoms with Gasteiger partial charge >= 0.3 is 5.97 Å². The van der Waals surface area contributed by atoms with Gasteiger partial charge in [-0.15, -0.1) is 0 Å². The molecule has 0 bridgehead atoms. The number of aromatic carboxylic acids is 1. The van der Waals surface area contributed by atoms with Crippen molar-refractivity contribution in [3.05, 3.63) is 104 Å². The van der Waals surface area contributed by atoms with Crippen molar-refractivity contribution in [2.24, 2.45) is 0 Å². The first-order valence-electron chi connectivity index (χ1n) is 12.0. The summed E-state index contributed by atoms with van der Waals surface area (Å²) in [4.78, 5) is 11.3. The van der Waals surface area contributed by atoms with E-state index < -0.39 is 5.97 Å². The highest BCUT2D eigenvalue weighted by molar-refractivity contribution is 6.37. The van der Waals surface area contributed by atoms with E-state index in [1.165, 1.54) is 0 Å². The van der Waals surface area contributed by atoms with Crippen molar-refractivity contribution in [3.63, 3.8) is 0 Å². The van der Waals surface area contributed by atoms with Crippen LogP contribution in [-0.4, -0.2) is 20.9 Å². The molecule has 3 aromatic carbocycles. The predicted molar refractivity (Wildman–Crippen MR) is 149 cm³/mol. The Labute approximate surface area is 226 Å². The van der Waals surface area contributed by atoms with Crippen LogP contribution in [0.2, 0.25) is 10.0 Å². The number of aryl methyl sites for hydroxylation is 2. The molecule has 0 aliphatic rings. The lowest BCUT2D eigenvalue weighted by molar-refractivity contribution is 0.0697. The second-order valence-electron chi connectivity index (χ2n) is 9.25. The maximum absolute atomic E-state index is 11.3. The minimum absolute atomic E-state index is 0.242. The fraction of sp³-hybridized carbons (Fsp3) is 0.241. The lowest BCUT2D eigenvalue weighted by atomic mass is 10.0. The van der Waals surface area contributed by atoms with Crippen molar-refractivity contribution in [3.8, 4) is 11.4 Å². The predicted octanol–water partition coefficient (Wildman–Crippen LogP) is 7.81. The molecule has 1 aromatic heterocycles. The standard InChI is InChI=1S/C29H29Cl2N3O3/c1-17(2)23-15-33-34(28-24(30)6-5-7-25(28)31)27(23)16-37-22-11-10-21(19(4)12-22)14-32-26-13-20(29(35)36)9-8-18(26)3/h5-13,15,17,32H,14,16H2,1-4H3,(H,35,36). The molecule has 0 saturated carbocycles. The number of nitrogens with zero attached hydrogens (tertiary/aromatic N) is 2. The van der Waals surface area contributed by atoms with E-state index in [1.807, 2.05) is 44.3 Å². The zero-order valence-electron chi connectivity index (χ0n) is 21.2. The third kappa shape index (κ3) is 5.92. The Balaban J connectivity index is 1.52. The number of anilines is 1. The molecule has 0 saturated heterocycles. The number of carbonyl (C=O) groups is 1. The van der Waals surface area contributed by atoms with Gasteiger partial charge in [-0.3, -0.25) is 0 Å². The zero-order chi connectivity index (χ0) is 26.7. The van der Waals surface area contributed by atoms with E-state index >= 15 is 0 Å². The summed E-state index contributed by atoms with van der Waals surface area (Å²) in [5.74, 6) is 0.0319. The molecule has 37 heavy (non-hydrogen) atoms.